The summed E-state index contributed by atoms with van der Waals surface area (Å²) in [5.41, 5.74) is 1.72. The number of β-amino-alcohol motifs (C(OH)–C–C–N with tert-alkyl or cyclic N) is 2. The molecule has 2 unspecified atom stereocenters. The van der Waals surface area contributed by atoms with Crippen LogP contribution in [0, 0.1) is 6.92 Å². The first-order chi connectivity index (χ1) is 8.08. The molecule has 0 aromatic carbocycles. The van der Waals surface area contributed by atoms with Gasteiger partial charge >= 0.3 is 0 Å². The number of aromatic nitrogens is 1. The second kappa shape index (κ2) is 4.81. The molecule has 5 heteroatoms. The minimum absolute atomic E-state index is 0.109. The molecule has 2 rings (SSSR count). The number of hydrogen-bond acceptors (Lipinski definition) is 4. The third-order valence-corrected chi connectivity index (χ3v) is 3.05. The van der Waals surface area contributed by atoms with Crippen LogP contribution < -0.4 is 0 Å². The normalized spacial score (nSPS) is 24.1. The lowest BCUT2D eigenvalue weighted by Crippen LogP contribution is -2.31. The van der Waals surface area contributed by atoms with Crippen molar-refractivity contribution < 1.29 is 15.0 Å². The number of amides is 1. The smallest absolute Gasteiger partial charge is 0.228 e. The van der Waals surface area contributed by atoms with E-state index in [-0.39, 0.29) is 25.4 Å². The Labute approximate surface area is 99.7 Å². The average molecular weight is 236 g/mol. The first-order valence-corrected chi connectivity index (χ1v) is 5.62. The molecule has 5 nitrogen and oxygen atoms in total. The number of likely N-dealkylation sites (tertiary alicyclic amines) is 1. The Bertz CT molecular complexity index is 412. The van der Waals surface area contributed by atoms with Gasteiger partial charge in [-0.1, -0.05) is 6.07 Å². The van der Waals surface area contributed by atoms with Crippen molar-refractivity contribution in [2.45, 2.75) is 25.6 Å². The first kappa shape index (κ1) is 12.0. The standard InChI is InChI=1S/C12H16N2O3/c1-8-3-2-4-13-9(8)5-12(17)14-6-10(15)11(16)7-14/h2-4,10-11,15-16H,5-7H2,1H3. The summed E-state index contributed by atoms with van der Waals surface area (Å²) >= 11 is 0. The van der Waals surface area contributed by atoms with Gasteiger partial charge in [0.15, 0.2) is 0 Å². The van der Waals surface area contributed by atoms with Crippen LogP contribution in [0.5, 0.6) is 0 Å². The molecule has 0 saturated carbocycles. The summed E-state index contributed by atoms with van der Waals surface area (Å²) in [6.45, 7) is 2.31. The maximum atomic E-state index is 11.9. The fraction of sp³-hybridized carbons (Fsp3) is 0.500. The largest absolute Gasteiger partial charge is 0.388 e. The number of nitrogens with zero attached hydrogens (tertiary/aromatic N) is 2. The number of hydrogen-bond donors (Lipinski definition) is 2. The van der Waals surface area contributed by atoms with Gasteiger partial charge < -0.3 is 15.1 Å². The lowest BCUT2D eigenvalue weighted by molar-refractivity contribution is -0.130. The SMILES string of the molecule is Cc1cccnc1CC(=O)N1CC(O)C(O)C1. The molecule has 1 saturated heterocycles. The lowest BCUT2D eigenvalue weighted by Gasteiger charge is -2.15. The monoisotopic (exact) mass is 236 g/mol. The molecule has 0 radical (unpaired) electrons. The molecule has 1 aliphatic heterocycles. The Hall–Kier alpha value is -1.46. The van der Waals surface area contributed by atoms with Crippen LogP contribution in [0.3, 0.4) is 0 Å². The van der Waals surface area contributed by atoms with E-state index in [0.717, 1.165) is 11.3 Å². The molecule has 2 N–H and O–H groups in total. The van der Waals surface area contributed by atoms with E-state index in [4.69, 9.17) is 0 Å². The highest BCUT2D eigenvalue weighted by Crippen LogP contribution is 2.13. The van der Waals surface area contributed by atoms with Crippen molar-refractivity contribution in [3.05, 3.63) is 29.6 Å². The number of aryl methyl sites for hydroxylation is 1. The quantitative estimate of drug-likeness (QED) is 0.726. The minimum atomic E-state index is -0.830. The molecule has 1 amide bonds. The molecule has 1 aromatic rings. The molecule has 17 heavy (non-hydrogen) atoms. The van der Waals surface area contributed by atoms with Crippen LogP contribution in [-0.2, 0) is 11.2 Å². The van der Waals surface area contributed by atoms with Crippen LogP contribution >= 0.6 is 0 Å². The highest BCUT2D eigenvalue weighted by Gasteiger charge is 2.32. The number of aliphatic hydroxyl groups is 2. The molecule has 1 aliphatic rings. The Kier molecular flexibility index (Phi) is 3.40. The zero-order valence-corrected chi connectivity index (χ0v) is 9.71. The van der Waals surface area contributed by atoms with E-state index in [1.807, 2.05) is 19.1 Å². The van der Waals surface area contributed by atoms with E-state index < -0.39 is 12.2 Å². The van der Waals surface area contributed by atoms with Crippen molar-refractivity contribution in [2.75, 3.05) is 13.1 Å². The summed E-state index contributed by atoms with van der Waals surface area (Å²) in [5, 5.41) is 18.8. The predicted molar refractivity (Wildman–Crippen MR) is 61.3 cm³/mol. The zero-order valence-electron chi connectivity index (χ0n) is 9.71. The van der Waals surface area contributed by atoms with Gasteiger partial charge in [0, 0.05) is 19.3 Å². The third-order valence-electron chi connectivity index (χ3n) is 3.05. The second-order valence-corrected chi connectivity index (χ2v) is 4.38. The molecule has 1 aromatic heterocycles. The van der Waals surface area contributed by atoms with Gasteiger partial charge in [-0.3, -0.25) is 9.78 Å². The molecule has 92 valence electrons. The van der Waals surface area contributed by atoms with E-state index in [1.165, 1.54) is 4.90 Å². The fourth-order valence-electron chi connectivity index (χ4n) is 1.93. The first-order valence-electron chi connectivity index (χ1n) is 5.62. The number of rotatable bonds is 2. The summed E-state index contributed by atoms with van der Waals surface area (Å²) in [7, 11) is 0. The van der Waals surface area contributed by atoms with Crippen molar-refractivity contribution >= 4 is 5.91 Å². The Morgan fingerprint density at radius 2 is 2.12 bits per heavy atom. The fourth-order valence-corrected chi connectivity index (χ4v) is 1.93. The number of pyridine rings is 1. The van der Waals surface area contributed by atoms with Gasteiger partial charge in [-0.15, -0.1) is 0 Å². The Balaban J connectivity index is 2.01. The average Bonchev–Trinajstić information content (AvgIpc) is 2.63. The van der Waals surface area contributed by atoms with Crippen LogP contribution in [0.15, 0.2) is 18.3 Å². The maximum Gasteiger partial charge on any atom is 0.228 e. The highest BCUT2D eigenvalue weighted by molar-refractivity contribution is 5.79. The summed E-state index contributed by atoms with van der Waals surface area (Å²) in [6, 6.07) is 3.73. The van der Waals surface area contributed by atoms with Gasteiger partial charge in [-0.25, -0.2) is 0 Å². The Morgan fingerprint density at radius 1 is 1.47 bits per heavy atom. The van der Waals surface area contributed by atoms with Crippen LogP contribution in [0.2, 0.25) is 0 Å². The van der Waals surface area contributed by atoms with Crippen molar-refractivity contribution in [1.82, 2.24) is 9.88 Å². The maximum absolute atomic E-state index is 11.9. The number of aliphatic hydroxyl groups excluding tert-OH is 2. The van der Waals surface area contributed by atoms with Crippen molar-refractivity contribution in [2.24, 2.45) is 0 Å². The van der Waals surface area contributed by atoms with Gasteiger partial charge in [-0.2, -0.15) is 0 Å². The van der Waals surface area contributed by atoms with Gasteiger partial charge in [-0.05, 0) is 18.6 Å². The lowest BCUT2D eigenvalue weighted by atomic mass is 10.1. The molecule has 0 aliphatic carbocycles. The molecular weight excluding hydrogens is 220 g/mol. The predicted octanol–water partition coefficient (Wildman–Crippen LogP) is -0.503. The van der Waals surface area contributed by atoms with Crippen LogP contribution in [0.1, 0.15) is 11.3 Å². The van der Waals surface area contributed by atoms with E-state index >= 15 is 0 Å². The number of carbonyl (C=O) groups excluding carboxylic acids is 1. The van der Waals surface area contributed by atoms with Gasteiger partial charge in [0.1, 0.15) is 0 Å². The zero-order chi connectivity index (χ0) is 12.4. The minimum Gasteiger partial charge on any atom is -0.388 e. The van der Waals surface area contributed by atoms with E-state index in [1.54, 1.807) is 6.20 Å². The van der Waals surface area contributed by atoms with Crippen molar-refractivity contribution in [3.8, 4) is 0 Å². The summed E-state index contributed by atoms with van der Waals surface area (Å²) in [6.07, 6.45) is 0.211. The van der Waals surface area contributed by atoms with E-state index in [9.17, 15) is 15.0 Å². The third kappa shape index (κ3) is 2.62. The highest BCUT2D eigenvalue weighted by atomic mass is 16.3. The van der Waals surface area contributed by atoms with Crippen LogP contribution in [0.4, 0.5) is 0 Å². The van der Waals surface area contributed by atoms with Gasteiger partial charge in [0.25, 0.3) is 0 Å². The molecular formula is C12H16N2O3. The topological polar surface area (TPSA) is 73.7 Å². The van der Waals surface area contributed by atoms with Crippen molar-refractivity contribution in [3.63, 3.8) is 0 Å². The van der Waals surface area contributed by atoms with Crippen LogP contribution in [0.25, 0.3) is 0 Å². The van der Waals surface area contributed by atoms with E-state index in [0.29, 0.717) is 0 Å². The summed E-state index contributed by atoms with van der Waals surface area (Å²) in [4.78, 5) is 17.6. The van der Waals surface area contributed by atoms with Crippen molar-refractivity contribution in [1.29, 1.82) is 0 Å². The molecule has 2 atom stereocenters. The van der Waals surface area contributed by atoms with Gasteiger partial charge in [0.2, 0.25) is 5.91 Å². The van der Waals surface area contributed by atoms with Crippen LogP contribution in [-0.4, -0.2) is 51.3 Å². The number of carbonyl (C=O) groups is 1. The van der Waals surface area contributed by atoms with Gasteiger partial charge in [0.05, 0.1) is 24.3 Å². The molecule has 2 heterocycles. The van der Waals surface area contributed by atoms with E-state index in [2.05, 4.69) is 4.98 Å². The second-order valence-electron chi connectivity index (χ2n) is 4.38. The molecule has 0 bridgehead atoms. The molecule has 1 fully saturated rings. The molecule has 0 spiro atoms. The summed E-state index contributed by atoms with van der Waals surface area (Å²) in [5.74, 6) is -0.109. The Morgan fingerprint density at radius 3 is 2.71 bits per heavy atom. The summed E-state index contributed by atoms with van der Waals surface area (Å²) < 4.78 is 0.